The quantitative estimate of drug-likeness (QED) is 0.798. The molecule has 1 saturated heterocycles. The van der Waals surface area contributed by atoms with Crippen LogP contribution in [0.5, 0.6) is 0 Å². The van der Waals surface area contributed by atoms with Crippen molar-refractivity contribution < 1.29 is 14.7 Å². The SMILES string of the molecule is O=C(c1ccccc1)[C@@H]1CCCCN1C(=O)O. The molecule has 1 aromatic rings. The summed E-state index contributed by atoms with van der Waals surface area (Å²) in [5.74, 6) is -0.0901. The predicted octanol–water partition coefficient (Wildman–Crippen LogP) is 2.40. The van der Waals surface area contributed by atoms with E-state index in [1.807, 2.05) is 6.07 Å². The zero-order chi connectivity index (χ0) is 12.3. The molecule has 0 unspecified atom stereocenters. The summed E-state index contributed by atoms with van der Waals surface area (Å²) in [6, 6.07) is 8.38. The maximum atomic E-state index is 12.2. The highest BCUT2D eigenvalue weighted by Crippen LogP contribution is 2.20. The second-order valence-corrected chi connectivity index (χ2v) is 4.22. The first kappa shape index (κ1) is 11.6. The van der Waals surface area contributed by atoms with Gasteiger partial charge < -0.3 is 5.11 Å². The number of ketones is 1. The molecular weight excluding hydrogens is 218 g/mol. The molecule has 1 aromatic carbocycles. The van der Waals surface area contributed by atoms with E-state index in [1.165, 1.54) is 4.90 Å². The third-order valence-electron chi connectivity index (χ3n) is 3.11. The zero-order valence-electron chi connectivity index (χ0n) is 9.50. The highest BCUT2D eigenvalue weighted by Gasteiger charge is 2.32. The molecule has 0 aliphatic carbocycles. The van der Waals surface area contributed by atoms with Crippen LogP contribution in [0.25, 0.3) is 0 Å². The van der Waals surface area contributed by atoms with E-state index in [-0.39, 0.29) is 5.78 Å². The van der Waals surface area contributed by atoms with Gasteiger partial charge in [-0.3, -0.25) is 9.69 Å². The molecule has 0 aromatic heterocycles. The monoisotopic (exact) mass is 233 g/mol. The van der Waals surface area contributed by atoms with Gasteiger partial charge in [-0.05, 0) is 19.3 Å². The summed E-state index contributed by atoms with van der Waals surface area (Å²) in [6.07, 6.45) is 1.37. The van der Waals surface area contributed by atoms with Gasteiger partial charge in [0, 0.05) is 12.1 Å². The topological polar surface area (TPSA) is 57.6 Å². The van der Waals surface area contributed by atoms with Crippen molar-refractivity contribution in [2.24, 2.45) is 0 Å². The minimum Gasteiger partial charge on any atom is -0.465 e. The molecular formula is C13H15NO3. The second kappa shape index (κ2) is 4.99. The molecule has 0 bridgehead atoms. The lowest BCUT2D eigenvalue weighted by Gasteiger charge is -2.32. The number of nitrogens with zero attached hydrogens (tertiary/aromatic N) is 1. The van der Waals surface area contributed by atoms with Crippen molar-refractivity contribution in [1.82, 2.24) is 4.90 Å². The summed E-state index contributed by atoms with van der Waals surface area (Å²) in [7, 11) is 0. The Morgan fingerprint density at radius 3 is 2.53 bits per heavy atom. The average molecular weight is 233 g/mol. The molecule has 1 heterocycles. The Kier molecular flexibility index (Phi) is 3.42. The number of benzene rings is 1. The Morgan fingerprint density at radius 1 is 1.18 bits per heavy atom. The van der Waals surface area contributed by atoms with E-state index in [0.29, 0.717) is 18.5 Å². The van der Waals surface area contributed by atoms with Gasteiger partial charge in [0.25, 0.3) is 0 Å². The third-order valence-corrected chi connectivity index (χ3v) is 3.11. The Hall–Kier alpha value is -1.84. The Labute approximate surface area is 99.9 Å². The highest BCUT2D eigenvalue weighted by atomic mass is 16.4. The Bertz CT molecular complexity index is 416. The van der Waals surface area contributed by atoms with Crippen LogP contribution >= 0.6 is 0 Å². The lowest BCUT2D eigenvalue weighted by molar-refractivity contribution is 0.0714. The first-order valence-corrected chi connectivity index (χ1v) is 5.79. The summed E-state index contributed by atoms with van der Waals surface area (Å²) >= 11 is 0. The van der Waals surface area contributed by atoms with E-state index in [4.69, 9.17) is 5.11 Å². The molecule has 4 heteroatoms. The van der Waals surface area contributed by atoms with Crippen molar-refractivity contribution in [1.29, 1.82) is 0 Å². The van der Waals surface area contributed by atoms with Crippen LogP contribution in [0, 0.1) is 0 Å². The van der Waals surface area contributed by atoms with E-state index in [1.54, 1.807) is 24.3 Å². The van der Waals surface area contributed by atoms with Gasteiger partial charge in [-0.15, -0.1) is 0 Å². The fourth-order valence-electron chi connectivity index (χ4n) is 2.23. The fraction of sp³-hybridized carbons (Fsp3) is 0.385. The molecule has 1 N–H and O–H groups in total. The highest BCUT2D eigenvalue weighted by molar-refractivity contribution is 6.01. The lowest BCUT2D eigenvalue weighted by atomic mass is 9.95. The maximum Gasteiger partial charge on any atom is 0.407 e. The first-order chi connectivity index (χ1) is 8.20. The molecule has 2 rings (SSSR count). The smallest absolute Gasteiger partial charge is 0.407 e. The number of rotatable bonds is 2. The van der Waals surface area contributed by atoms with Crippen LogP contribution in [-0.2, 0) is 0 Å². The van der Waals surface area contributed by atoms with E-state index in [9.17, 15) is 9.59 Å². The molecule has 1 amide bonds. The van der Waals surface area contributed by atoms with Crippen molar-refractivity contribution >= 4 is 11.9 Å². The van der Waals surface area contributed by atoms with Gasteiger partial charge in [-0.25, -0.2) is 4.79 Å². The number of piperidine rings is 1. The molecule has 17 heavy (non-hydrogen) atoms. The van der Waals surface area contributed by atoms with Crippen LogP contribution in [0.2, 0.25) is 0 Å². The predicted molar refractivity (Wildman–Crippen MR) is 63.1 cm³/mol. The van der Waals surface area contributed by atoms with Gasteiger partial charge in [-0.1, -0.05) is 30.3 Å². The van der Waals surface area contributed by atoms with E-state index >= 15 is 0 Å². The summed E-state index contributed by atoms with van der Waals surface area (Å²) in [5.41, 5.74) is 0.589. The van der Waals surface area contributed by atoms with Gasteiger partial charge in [0.2, 0.25) is 0 Å². The zero-order valence-corrected chi connectivity index (χ0v) is 9.50. The van der Waals surface area contributed by atoms with Crippen LogP contribution in [0.1, 0.15) is 29.6 Å². The van der Waals surface area contributed by atoms with E-state index in [2.05, 4.69) is 0 Å². The summed E-state index contributed by atoms with van der Waals surface area (Å²) < 4.78 is 0. The molecule has 0 radical (unpaired) electrons. The fourth-order valence-corrected chi connectivity index (χ4v) is 2.23. The van der Waals surface area contributed by atoms with Gasteiger partial charge in [0.15, 0.2) is 5.78 Å². The normalized spacial score (nSPS) is 20.0. The molecule has 1 atom stereocenters. The minimum absolute atomic E-state index is 0.0901. The van der Waals surface area contributed by atoms with Gasteiger partial charge in [-0.2, -0.15) is 0 Å². The number of carbonyl (C=O) groups excluding carboxylic acids is 1. The van der Waals surface area contributed by atoms with Crippen molar-refractivity contribution in [2.75, 3.05) is 6.54 Å². The van der Waals surface area contributed by atoms with Crippen LogP contribution in [0.3, 0.4) is 0 Å². The number of amides is 1. The largest absolute Gasteiger partial charge is 0.465 e. The summed E-state index contributed by atoms with van der Waals surface area (Å²) in [4.78, 5) is 24.5. The number of carbonyl (C=O) groups is 2. The average Bonchev–Trinajstić information content (AvgIpc) is 2.39. The Balaban J connectivity index is 2.20. The van der Waals surface area contributed by atoms with Gasteiger partial charge in [0.1, 0.15) is 0 Å². The van der Waals surface area contributed by atoms with Crippen LogP contribution in [-0.4, -0.2) is 34.5 Å². The molecule has 1 fully saturated rings. The van der Waals surface area contributed by atoms with Crippen LogP contribution < -0.4 is 0 Å². The molecule has 1 aliphatic heterocycles. The third kappa shape index (κ3) is 2.46. The van der Waals surface area contributed by atoms with Crippen LogP contribution in [0.15, 0.2) is 30.3 Å². The number of Topliss-reactive ketones (excluding diaryl/α,β-unsaturated/α-hetero) is 1. The van der Waals surface area contributed by atoms with Gasteiger partial charge in [0.05, 0.1) is 6.04 Å². The standard InChI is InChI=1S/C13H15NO3/c15-12(10-6-2-1-3-7-10)11-8-4-5-9-14(11)13(16)17/h1-3,6-7,11H,4-5,8-9H2,(H,16,17)/t11-/m0/s1. The van der Waals surface area contributed by atoms with Gasteiger partial charge >= 0.3 is 6.09 Å². The molecule has 0 saturated carbocycles. The maximum absolute atomic E-state index is 12.2. The van der Waals surface area contributed by atoms with Crippen molar-refractivity contribution in [3.05, 3.63) is 35.9 Å². The summed E-state index contributed by atoms with van der Waals surface area (Å²) in [6.45, 7) is 0.457. The summed E-state index contributed by atoms with van der Waals surface area (Å²) in [5, 5.41) is 9.08. The molecule has 4 nitrogen and oxygen atoms in total. The lowest BCUT2D eigenvalue weighted by Crippen LogP contribution is -2.47. The number of hydrogen-bond donors (Lipinski definition) is 1. The van der Waals surface area contributed by atoms with Crippen molar-refractivity contribution in [3.8, 4) is 0 Å². The van der Waals surface area contributed by atoms with Crippen LogP contribution in [0.4, 0.5) is 4.79 Å². The number of hydrogen-bond acceptors (Lipinski definition) is 2. The Morgan fingerprint density at radius 2 is 1.88 bits per heavy atom. The minimum atomic E-state index is -1.00. The molecule has 1 aliphatic rings. The molecule has 0 spiro atoms. The second-order valence-electron chi connectivity index (χ2n) is 4.22. The van der Waals surface area contributed by atoms with E-state index < -0.39 is 12.1 Å². The number of carboxylic acid groups (broad SMARTS) is 1. The number of likely N-dealkylation sites (tertiary alicyclic amines) is 1. The first-order valence-electron chi connectivity index (χ1n) is 5.79. The molecule has 90 valence electrons. The van der Waals surface area contributed by atoms with Crippen molar-refractivity contribution in [3.63, 3.8) is 0 Å². The van der Waals surface area contributed by atoms with E-state index in [0.717, 1.165) is 12.8 Å². The van der Waals surface area contributed by atoms with Crippen molar-refractivity contribution in [2.45, 2.75) is 25.3 Å².